The van der Waals surface area contributed by atoms with Gasteiger partial charge in [-0.25, -0.2) is 0 Å². The van der Waals surface area contributed by atoms with Crippen molar-refractivity contribution >= 4 is 23.5 Å². The lowest BCUT2D eigenvalue weighted by Crippen LogP contribution is -2.39. The van der Waals surface area contributed by atoms with Gasteiger partial charge in [-0.1, -0.05) is 6.07 Å². The van der Waals surface area contributed by atoms with E-state index in [1.807, 2.05) is 0 Å². The Bertz CT molecular complexity index is 489. The van der Waals surface area contributed by atoms with Crippen molar-refractivity contribution in [3.8, 4) is 0 Å². The highest BCUT2D eigenvalue weighted by Gasteiger charge is 2.20. The number of hydrogen-bond acceptors (Lipinski definition) is 3. The minimum absolute atomic E-state index is 0.135. The lowest BCUT2D eigenvalue weighted by Gasteiger charge is -2.25. The first-order chi connectivity index (χ1) is 9.06. The number of carbonyl (C=O) groups excluding carboxylic acids is 2. The molecular weight excluding hydrogens is 258 g/mol. The summed E-state index contributed by atoms with van der Waals surface area (Å²) in [6.07, 6.45) is 1.03. The van der Waals surface area contributed by atoms with Crippen molar-refractivity contribution in [3.63, 3.8) is 0 Å². The zero-order chi connectivity index (χ0) is 13.8. The summed E-state index contributed by atoms with van der Waals surface area (Å²) in [6.45, 7) is 5.34. The summed E-state index contributed by atoms with van der Waals surface area (Å²) in [5.74, 6) is 0.859. The van der Waals surface area contributed by atoms with Crippen molar-refractivity contribution in [2.75, 3.05) is 18.8 Å². The second kappa shape index (κ2) is 6.24. The van der Waals surface area contributed by atoms with Gasteiger partial charge in [0.15, 0.2) is 0 Å². The lowest BCUT2D eigenvalue weighted by atomic mass is 10.1. The van der Waals surface area contributed by atoms with Gasteiger partial charge in [0.2, 0.25) is 5.91 Å². The summed E-state index contributed by atoms with van der Waals surface area (Å²) in [4.78, 5) is 26.1. The Labute approximate surface area is 118 Å². The molecular formula is C15H19NO2S. The van der Waals surface area contributed by atoms with Crippen molar-refractivity contribution in [2.45, 2.75) is 31.6 Å². The first-order valence-corrected chi connectivity index (χ1v) is 7.54. The molecule has 0 atom stereocenters. The Morgan fingerprint density at radius 1 is 1.21 bits per heavy atom. The lowest BCUT2D eigenvalue weighted by molar-refractivity contribution is -0.132. The van der Waals surface area contributed by atoms with E-state index in [0.717, 1.165) is 4.90 Å². The molecule has 0 unspecified atom stereocenters. The number of Topliss-reactive ketones (excluding diaryl/α,β-unsaturated/α-hetero) is 1. The summed E-state index contributed by atoms with van der Waals surface area (Å²) in [5, 5.41) is 0. The molecule has 0 spiro atoms. The zero-order valence-electron chi connectivity index (χ0n) is 11.4. The number of benzene rings is 1. The summed E-state index contributed by atoms with van der Waals surface area (Å²) in [6, 6.07) is 6.26. The van der Waals surface area contributed by atoms with E-state index < -0.39 is 0 Å². The molecule has 0 saturated carbocycles. The van der Waals surface area contributed by atoms with Gasteiger partial charge in [0, 0.05) is 30.8 Å². The van der Waals surface area contributed by atoms with Crippen LogP contribution in [0.2, 0.25) is 0 Å². The van der Waals surface area contributed by atoms with E-state index in [2.05, 4.69) is 32.0 Å². The average molecular weight is 277 g/mol. The maximum Gasteiger partial charge on any atom is 0.232 e. The smallest absolute Gasteiger partial charge is 0.232 e. The normalized spacial score (nSPS) is 15.7. The predicted molar refractivity (Wildman–Crippen MR) is 77.5 cm³/mol. The summed E-state index contributed by atoms with van der Waals surface area (Å²) >= 11 is 1.57. The first kappa shape index (κ1) is 14.1. The van der Waals surface area contributed by atoms with E-state index in [0.29, 0.717) is 31.7 Å². The van der Waals surface area contributed by atoms with Crippen molar-refractivity contribution < 1.29 is 9.59 Å². The number of carbonyl (C=O) groups is 2. The second-order valence-corrected chi connectivity index (χ2v) is 6.00. The molecule has 0 aliphatic carbocycles. The molecule has 2 rings (SSSR count). The molecule has 0 N–H and O–H groups in total. The van der Waals surface area contributed by atoms with Crippen LogP contribution < -0.4 is 0 Å². The maximum absolute atomic E-state index is 12.0. The predicted octanol–water partition coefficient (Wildman–Crippen LogP) is 2.59. The van der Waals surface area contributed by atoms with E-state index in [1.165, 1.54) is 11.1 Å². The molecule has 1 amide bonds. The van der Waals surface area contributed by atoms with Gasteiger partial charge in [-0.3, -0.25) is 9.59 Å². The summed E-state index contributed by atoms with van der Waals surface area (Å²) in [5.41, 5.74) is 2.52. The van der Waals surface area contributed by atoms with Gasteiger partial charge in [0.1, 0.15) is 5.78 Å². The standard InChI is InChI=1S/C15H19NO2S/c1-11-3-4-14(9-12(11)2)19-10-15(18)16-7-5-13(17)6-8-16/h3-4,9H,5-8,10H2,1-2H3. The first-order valence-electron chi connectivity index (χ1n) is 6.56. The fourth-order valence-electron chi connectivity index (χ4n) is 2.05. The van der Waals surface area contributed by atoms with Gasteiger partial charge in [-0.15, -0.1) is 11.8 Å². The van der Waals surface area contributed by atoms with Crippen molar-refractivity contribution in [3.05, 3.63) is 29.3 Å². The number of hydrogen-bond donors (Lipinski definition) is 0. The van der Waals surface area contributed by atoms with E-state index in [9.17, 15) is 9.59 Å². The van der Waals surface area contributed by atoms with E-state index in [1.54, 1.807) is 16.7 Å². The molecule has 0 bridgehead atoms. The van der Waals surface area contributed by atoms with Crippen LogP contribution in [0.4, 0.5) is 0 Å². The number of aryl methyl sites for hydroxylation is 2. The Morgan fingerprint density at radius 2 is 1.89 bits per heavy atom. The van der Waals surface area contributed by atoms with Crippen LogP contribution in [0, 0.1) is 13.8 Å². The Balaban J connectivity index is 1.86. The molecule has 1 fully saturated rings. The van der Waals surface area contributed by atoms with E-state index in [4.69, 9.17) is 0 Å². The van der Waals surface area contributed by atoms with Crippen molar-refractivity contribution in [1.29, 1.82) is 0 Å². The van der Waals surface area contributed by atoms with Crippen LogP contribution in [0.1, 0.15) is 24.0 Å². The number of piperidine rings is 1. The van der Waals surface area contributed by atoms with Crippen LogP contribution in [0.5, 0.6) is 0 Å². The number of rotatable bonds is 3. The third kappa shape index (κ3) is 3.83. The Hall–Kier alpha value is -1.29. The second-order valence-electron chi connectivity index (χ2n) is 4.95. The highest BCUT2D eigenvalue weighted by molar-refractivity contribution is 8.00. The van der Waals surface area contributed by atoms with Crippen LogP contribution in [-0.2, 0) is 9.59 Å². The van der Waals surface area contributed by atoms with Gasteiger partial charge < -0.3 is 4.90 Å². The fraction of sp³-hybridized carbons (Fsp3) is 0.467. The molecule has 102 valence electrons. The van der Waals surface area contributed by atoms with Crippen LogP contribution in [-0.4, -0.2) is 35.4 Å². The number of ketones is 1. The molecule has 1 aromatic carbocycles. The SMILES string of the molecule is Cc1ccc(SCC(=O)N2CCC(=O)CC2)cc1C. The van der Waals surface area contributed by atoms with Gasteiger partial charge in [0.05, 0.1) is 5.75 Å². The minimum atomic E-state index is 0.135. The number of amides is 1. The number of likely N-dealkylation sites (tertiary alicyclic amines) is 1. The van der Waals surface area contributed by atoms with E-state index >= 15 is 0 Å². The Kier molecular flexibility index (Phi) is 4.64. The van der Waals surface area contributed by atoms with Crippen LogP contribution in [0.15, 0.2) is 23.1 Å². The molecule has 1 aliphatic heterocycles. The molecule has 1 heterocycles. The van der Waals surface area contributed by atoms with E-state index in [-0.39, 0.29) is 11.7 Å². The van der Waals surface area contributed by atoms with Crippen LogP contribution >= 0.6 is 11.8 Å². The quantitative estimate of drug-likeness (QED) is 0.797. The maximum atomic E-state index is 12.0. The zero-order valence-corrected chi connectivity index (χ0v) is 12.3. The minimum Gasteiger partial charge on any atom is -0.341 e. The molecule has 1 saturated heterocycles. The third-order valence-corrected chi connectivity index (χ3v) is 4.49. The van der Waals surface area contributed by atoms with Crippen molar-refractivity contribution in [1.82, 2.24) is 4.90 Å². The molecule has 0 aromatic heterocycles. The molecule has 19 heavy (non-hydrogen) atoms. The monoisotopic (exact) mass is 277 g/mol. The van der Waals surface area contributed by atoms with Gasteiger partial charge in [-0.05, 0) is 37.1 Å². The Morgan fingerprint density at radius 3 is 2.53 bits per heavy atom. The van der Waals surface area contributed by atoms with Gasteiger partial charge >= 0.3 is 0 Å². The molecule has 1 aliphatic rings. The highest BCUT2D eigenvalue weighted by atomic mass is 32.2. The van der Waals surface area contributed by atoms with Crippen LogP contribution in [0.3, 0.4) is 0 Å². The van der Waals surface area contributed by atoms with Crippen LogP contribution in [0.25, 0.3) is 0 Å². The third-order valence-electron chi connectivity index (χ3n) is 3.51. The molecule has 3 nitrogen and oxygen atoms in total. The molecule has 4 heteroatoms. The molecule has 0 radical (unpaired) electrons. The fourth-order valence-corrected chi connectivity index (χ4v) is 2.94. The topological polar surface area (TPSA) is 37.4 Å². The summed E-state index contributed by atoms with van der Waals surface area (Å²) < 4.78 is 0. The summed E-state index contributed by atoms with van der Waals surface area (Å²) in [7, 11) is 0. The average Bonchev–Trinajstić information content (AvgIpc) is 2.40. The number of thioether (sulfide) groups is 1. The largest absolute Gasteiger partial charge is 0.341 e. The molecule has 1 aromatic rings. The van der Waals surface area contributed by atoms with Crippen molar-refractivity contribution in [2.24, 2.45) is 0 Å². The highest BCUT2D eigenvalue weighted by Crippen LogP contribution is 2.21. The van der Waals surface area contributed by atoms with Gasteiger partial charge in [0.25, 0.3) is 0 Å². The number of nitrogens with zero attached hydrogens (tertiary/aromatic N) is 1. The van der Waals surface area contributed by atoms with Gasteiger partial charge in [-0.2, -0.15) is 0 Å².